The summed E-state index contributed by atoms with van der Waals surface area (Å²) in [7, 11) is 0. The Balaban J connectivity index is 0.000000345. The fraction of sp³-hybridized carbons (Fsp3) is 0.240. The van der Waals surface area contributed by atoms with Crippen molar-refractivity contribution in [2.24, 2.45) is 20.4 Å². The van der Waals surface area contributed by atoms with Crippen LogP contribution in [0.2, 0.25) is 0 Å². The summed E-state index contributed by atoms with van der Waals surface area (Å²) in [5, 5.41) is 2.40. The lowest BCUT2D eigenvalue weighted by Gasteiger charge is -2.12. The predicted molar refractivity (Wildman–Crippen MR) is 124 cm³/mol. The van der Waals surface area contributed by atoms with Gasteiger partial charge < -0.3 is 4.99 Å². The fourth-order valence-electron chi connectivity index (χ4n) is 2.65. The first kappa shape index (κ1) is 21.2. The van der Waals surface area contributed by atoms with Crippen LogP contribution in [0.3, 0.4) is 0 Å². The Morgan fingerprint density at radius 1 is 0.821 bits per heavy atom. The monoisotopic (exact) mass is 371 g/mol. The molecule has 3 nitrogen and oxygen atoms in total. The molecule has 0 aliphatic carbocycles. The van der Waals surface area contributed by atoms with Crippen molar-refractivity contribution in [3.63, 3.8) is 0 Å². The van der Waals surface area contributed by atoms with Gasteiger partial charge in [-0.05, 0) is 41.3 Å². The lowest BCUT2D eigenvalue weighted by Crippen LogP contribution is -2.08. The highest BCUT2D eigenvalue weighted by atomic mass is 14.9. The van der Waals surface area contributed by atoms with Crippen LogP contribution in [0.4, 0.5) is 0 Å². The normalized spacial score (nSPS) is 11.5. The van der Waals surface area contributed by atoms with E-state index in [0.717, 1.165) is 12.1 Å². The van der Waals surface area contributed by atoms with Crippen molar-refractivity contribution in [2.45, 2.75) is 27.3 Å². The van der Waals surface area contributed by atoms with Crippen molar-refractivity contribution in [3.05, 3.63) is 83.9 Å². The van der Waals surface area contributed by atoms with Gasteiger partial charge in [-0.3, -0.25) is 4.99 Å². The van der Waals surface area contributed by atoms with Gasteiger partial charge >= 0.3 is 0 Å². The molecule has 0 radical (unpaired) electrons. The minimum atomic E-state index is 0.321. The first-order chi connectivity index (χ1) is 13.4. The molecule has 3 aromatic rings. The van der Waals surface area contributed by atoms with Crippen LogP contribution in [0, 0.1) is 5.41 Å². The van der Waals surface area contributed by atoms with Crippen molar-refractivity contribution in [3.8, 4) is 0 Å². The van der Waals surface area contributed by atoms with Crippen LogP contribution in [-0.4, -0.2) is 25.8 Å². The third-order valence-corrected chi connectivity index (χ3v) is 4.00. The molecule has 0 bridgehead atoms. The average molecular weight is 372 g/mol. The summed E-state index contributed by atoms with van der Waals surface area (Å²) in [6, 6.07) is 24.7. The summed E-state index contributed by atoms with van der Waals surface area (Å²) >= 11 is 0. The number of hydrogen-bond acceptors (Lipinski definition) is 2. The number of hydrogen-bond donors (Lipinski definition) is 0. The molecule has 0 atom stereocenters. The SMILES string of the molecule is C=NC(=NCc1ccccc1)c1ccc2ccccc2c1.C=NCC(C)(C)C. The molecule has 0 heterocycles. The summed E-state index contributed by atoms with van der Waals surface area (Å²) in [4.78, 5) is 12.4. The van der Waals surface area contributed by atoms with Gasteiger partial charge in [0, 0.05) is 12.1 Å². The van der Waals surface area contributed by atoms with E-state index in [9.17, 15) is 0 Å². The maximum atomic E-state index is 4.58. The molecule has 0 aliphatic rings. The van der Waals surface area contributed by atoms with E-state index in [2.05, 4.69) is 85.6 Å². The standard InChI is InChI=1S/C19H16N2.C6H13N/c1-20-19(21-14-15-7-3-2-4-8-15)18-12-11-16-9-5-6-10-17(16)13-18;1-6(2,3)5-7-4/h2-13H,1,14H2;4-5H2,1-3H3. The van der Waals surface area contributed by atoms with Gasteiger partial charge in [-0.15, -0.1) is 0 Å². The number of benzene rings is 3. The molecule has 3 rings (SSSR count). The van der Waals surface area contributed by atoms with E-state index in [1.807, 2.05) is 36.4 Å². The Kier molecular flexibility index (Phi) is 7.82. The highest BCUT2D eigenvalue weighted by molar-refractivity contribution is 6.04. The van der Waals surface area contributed by atoms with Gasteiger partial charge in [0.05, 0.1) is 6.54 Å². The number of aliphatic imine (C=N–C) groups is 3. The molecule has 0 N–H and O–H groups in total. The summed E-state index contributed by atoms with van der Waals surface area (Å²) < 4.78 is 0. The third kappa shape index (κ3) is 6.92. The molecule has 0 amide bonds. The maximum absolute atomic E-state index is 4.58. The summed E-state index contributed by atoms with van der Waals surface area (Å²) in [6.45, 7) is 14.9. The Morgan fingerprint density at radius 3 is 2.04 bits per heavy atom. The second-order valence-electron chi connectivity index (χ2n) is 7.79. The van der Waals surface area contributed by atoms with Gasteiger partial charge in [0.2, 0.25) is 0 Å². The van der Waals surface area contributed by atoms with Crippen molar-refractivity contribution in [1.82, 2.24) is 0 Å². The molecule has 3 heteroatoms. The van der Waals surface area contributed by atoms with Crippen molar-refractivity contribution < 1.29 is 0 Å². The zero-order chi connectivity index (χ0) is 20.4. The van der Waals surface area contributed by atoms with Crippen molar-refractivity contribution in [2.75, 3.05) is 6.54 Å². The van der Waals surface area contributed by atoms with E-state index in [1.54, 1.807) is 0 Å². The molecule has 0 unspecified atom stereocenters. The molecule has 0 fully saturated rings. The molecule has 144 valence electrons. The number of rotatable bonds is 4. The van der Waals surface area contributed by atoms with Gasteiger partial charge in [0.1, 0.15) is 0 Å². The van der Waals surface area contributed by atoms with Crippen LogP contribution < -0.4 is 0 Å². The lowest BCUT2D eigenvalue weighted by atomic mass is 9.98. The second kappa shape index (κ2) is 10.3. The molecule has 0 saturated heterocycles. The molecule has 3 aromatic carbocycles. The van der Waals surface area contributed by atoms with Crippen LogP contribution in [0.5, 0.6) is 0 Å². The summed E-state index contributed by atoms with van der Waals surface area (Å²) in [5.74, 6) is 0.685. The quantitative estimate of drug-likeness (QED) is 0.386. The van der Waals surface area contributed by atoms with E-state index in [-0.39, 0.29) is 0 Å². The highest BCUT2D eigenvalue weighted by Gasteiger charge is 2.06. The van der Waals surface area contributed by atoms with E-state index in [4.69, 9.17) is 0 Å². The van der Waals surface area contributed by atoms with E-state index in [0.29, 0.717) is 17.8 Å². The highest BCUT2D eigenvalue weighted by Crippen LogP contribution is 2.17. The molecule has 0 aliphatic heterocycles. The van der Waals surface area contributed by atoms with Crippen LogP contribution in [-0.2, 0) is 6.54 Å². The molecular formula is C25H29N3. The van der Waals surface area contributed by atoms with Gasteiger partial charge in [-0.25, -0.2) is 4.99 Å². The van der Waals surface area contributed by atoms with Gasteiger partial charge in [0.15, 0.2) is 5.84 Å². The average Bonchev–Trinajstić information content (AvgIpc) is 2.69. The fourth-order valence-corrected chi connectivity index (χ4v) is 2.65. The van der Waals surface area contributed by atoms with Crippen LogP contribution >= 0.6 is 0 Å². The Bertz CT molecular complexity index is 935. The number of fused-ring (bicyclic) bond motifs is 1. The third-order valence-electron chi connectivity index (χ3n) is 4.00. The predicted octanol–water partition coefficient (Wildman–Crippen LogP) is 6.22. The van der Waals surface area contributed by atoms with Crippen molar-refractivity contribution >= 4 is 30.0 Å². The van der Waals surface area contributed by atoms with E-state index in [1.165, 1.54) is 16.3 Å². The smallest absolute Gasteiger partial charge is 0.154 e. The Morgan fingerprint density at radius 2 is 1.46 bits per heavy atom. The lowest BCUT2D eigenvalue weighted by molar-refractivity contribution is 0.431. The zero-order valence-electron chi connectivity index (χ0n) is 17.1. The van der Waals surface area contributed by atoms with E-state index < -0.39 is 0 Å². The Hall–Kier alpha value is -3.07. The van der Waals surface area contributed by atoms with Crippen LogP contribution in [0.25, 0.3) is 10.8 Å². The van der Waals surface area contributed by atoms with Gasteiger partial charge in [0.25, 0.3) is 0 Å². The zero-order valence-corrected chi connectivity index (χ0v) is 17.1. The molecule has 0 spiro atoms. The first-order valence-corrected chi connectivity index (χ1v) is 9.40. The van der Waals surface area contributed by atoms with Crippen LogP contribution in [0.15, 0.2) is 87.8 Å². The number of amidine groups is 1. The van der Waals surface area contributed by atoms with Gasteiger partial charge in [-0.1, -0.05) is 87.5 Å². The minimum Gasteiger partial charge on any atom is -0.300 e. The molecule has 0 aromatic heterocycles. The second-order valence-corrected chi connectivity index (χ2v) is 7.79. The minimum absolute atomic E-state index is 0.321. The Labute approximate surface area is 168 Å². The largest absolute Gasteiger partial charge is 0.300 e. The molecule has 0 saturated carbocycles. The van der Waals surface area contributed by atoms with Crippen LogP contribution in [0.1, 0.15) is 31.9 Å². The topological polar surface area (TPSA) is 37.1 Å². The first-order valence-electron chi connectivity index (χ1n) is 9.40. The maximum Gasteiger partial charge on any atom is 0.154 e. The van der Waals surface area contributed by atoms with Crippen molar-refractivity contribution in [1.29, 1.82) is 0 Å². The van der Waals surface area contributed by atoms with Gasteiger partial charge in [-0.2, -0.15) is 0 Å². The molecular weight excluding hydrogens is 342 g/mol. The summed E-state index contributed by atoms with van der Waals surface area (Å²) in [5.41, 5.74) is 2.49. The molecule has 28 heavy (non-hydrogen) atoms. The van der Waals surface area contributed by atoms with E-state index >= 15 is 0 Å². The summed E-state index contributed by atoms with van der Waals surface area (Å²) in [6.07, 6.45) is 0. The number of nitrogens with zero attached hydrogens (tertiary/aromatic N) is 3.